The largest absolute Gasteiger partial charge is 0.494 e. The van der Waals surface area contributed by atoms with Crippen molar-refractivity contribution in [3.05, 3.63) is 40.1 Å². The number of ether oxygens (including phenoxy) is 1. The first-order chi connectivity index (χ1) is 9.17. The van der Waals surface area contributed by atoms with Crippen LogP contribution >= 0.6 is 15.9 Å². The highest BCUT2D eigenvalue weighted by Gasteiger charge is 2.21. The number of rotatable bonds is 5. The maximum atomic E-state index is 5.68. The van der Waals surface area contributed by atoms with E-state index in [1.165, 1.54) is 0 Å². The molecular weight excluding hydrogens is 310 g/mol. The normalized spacial score (nSPS) is 12.4. The highest BCUT2D eigenvalue weighted by Crippen LogP contribution is 2.28. The summed E-state index contributed by atoms with van der Waals surface area (Å²) in [7, 11) is 1.82. The van der Waals surface area contributed by atoms with Gasteiger partial charge in [-0.05, 0) is 40.5 Å². The van der Waals surface area contributed by atoms with Crippen molar-refractivity contribution in [2.75, 3.05) is 6.61 Å². The Morgan fingerprint density at radius 2 is 2.32 bits per heavy atom. The molecule has 0 aliphatic carbocycles. The first-order valence-corrected chi connectivity index (χ1v) is 6.70. The quantitative estimate of drug-likeness (QED) is 0.644. The monoisotopic (exact) mass is 325 g/mol. The average Bonchev–Trinajstić information content (AvgIpc) is 2.73. The van der Waals surface area contributed by atoms with Crippen LogP contribution in [-0.4, -0.2) is 21.6 Å². The third-order valence-corrected chi connectivity index (χ3v) is 3.33. The molecule has 3 N–H and O–H groups in total. The fourth-order valence-corrected chi connectivity index (χ4v) is 2.49. The molecule has 2 aromatic rings. The average molecular weight is 326 g/mol. The minimum Gasteiger partial charge on any atom is -0.494 e. The van der Waals surface area contributed by atoms with Crippen LogP contribution in [0.3, 0.4) is 0 Å². The number of aromatic nitrogens is 3. The molecule has 0 fully saturated rings. The molecule has 1 atom stereocenters. The fourth-order valence-electron chi connectivity index (χ4n) is 1.93. The second-order valence-corrected chi connectivity index (χ2v) is 4.75. The number of nitrogens with two attached hydrogens (primary N) is 1. The van der Waals surface area contributed by atoms with E-state index in [-0.39, 0.29) is 6.04 Å². The van der Waals surface area contributed by atoms with Gasteiger partial charge < -0.3 is 4.74 Å². The number of nitrogens with zero attached hydrogens (tertiary/aromatic N) is 3. The first kappa shape index (κ1) is 14.0. The van der Waals surface area contributed by atoms with E-state index in [1.54, 1.807) is 4.68 Å². The molecule has 0 radical (unpaired) electrons. The van der Waals surface area contributed by atoms with Crippen molar-refractivity contribution in [2.45, 2.75) is 13.0 Å². The Bertz CT molecular complexity index is 537. The van der Waals surface area contributed by atoms with Gasteiger partial charge in [0.25, 0.3) is 0 Å². The topological polar surface area (TPSA) is 78.0 Å². The molecule has 1 heterocycles. The van der Waals surface area contributed by atoms with Crippen molar-refractivity contribution in [1.29, 1.82) is 0 Å². The summed E-state index contributed by atoms with van der Waals surface area (Å²) in [5.41, 5.74) is 4.63. The molecule has 0 saturated carbocycles. The summed E-state index contributed by atoms with van der Waals surface area (Å²) in [6, 6.07) is 7.56. The maximum absolute atomic E-state index is 5.68. The molecular formula is C12H16BrN5O. The predicted octanol–water partition coefficient (Wildman–Crippen LogP) is 1.53. The van der Waals surface area contributed by atoms with E-state index in [0.29, 0.717) is 11.2 Å². The molecule has 2 rings (SSSR count). The van der Waals surface area contributed by atoms with Crippen molar-refractivity contribution < 1.29 is 4.74 Å². The number of hydrogen-bond acceptors (Lipinski definition) is 5. The summed E-state index contributed by atoms with van der Waals surface area (Å²) in [5.74, 6) is 6.49. The number of hydrazine groups is 1. The zero-order valence-electron chi connectivity index (χ0n) is 10.8. The smallest absolute Gasteiger partial charge is 0.153 e. The van der Waals surface area contributed by atoms with Crippen molar-refractivity contribution >= 4 is 15.9 Å². The van der Waals surface area contributed by atoms with E-state index in [9.17, 15) is 0 Å². The highest BCUT2D eigenvalue weighted by atomic mass is 79.9. The van der Waals surface area contributed by atoms with Gasteiger partial charge in [-0.1, -0.05) is 17.3 Å². The van der Waals surface area contributed by atoms with Gasteiger partial charge in [-0.3, -0.25) is 5.84 Å². The summed E-state index contributed by atoms with van der Waals surface area (Å²) >= 11 is 3.38. The van der Waals surface area contributed by atoms with Gasteiger partial charge in [0.05, 0.1) is 18.3 Å². The van der Waals surface area contributed by atoms with Crippen molar-refractivity contribution in [2.24, 2.45) is 12.9 Å². The van der Waals surface area contributed by atoms with E-state index in [0.717, 1.165) is 17.0 Å². The molecule has 1 unspecified atom stereocenters. The third kappa shape index (κ3) is 2.94. The number of aryl methyl sites for hydroxylation is 1. The van der Waals surface area contributed by atoms with E-state index in [1.807, 2.05) is 38.2 Å². The van der Waals surface area contributed by atoms with Crippen LogP contribution in [0.4, 0.5) is 0 Å². The minimum atomic E-state index is -0.213. The van der Waals surface area contributed by atoms with Crippen molar-refractivity contribution in [3.63, 3.8) is 0 Å². The van der Waals surface area contributed by atoms with E-state index in [4.69, 9.17) is 10.6 Å². The van der Waals surface area contributed by atoms with Crippen molar-refractivity contribution in [3.8, 4) is 5.75 Å². The molecule has 0 saturated heterocycles. The summed E-state index contributed by atoms with van der Waals surface area (Å²) < 4.78 is 7.85. The Kier molecular flexibility index (Phi) is 4.52. The summed E-state index contributed by atoms with van der Waals surface area (Å²) in [6.07, 6.45) is 0. The number of hydrogen-bond donors (Lipinski definition) is 2. The molecule has 0 spiro atoms. The van der Waals surface area contributed by atoms with Gasteiger partial charge in [-0.2, -0.15) is 0 Å². The van der Waals surface area contributed by atoms with Crippen LogP contribution in [0, 0.1) is 0 Å². The lowest BCUT2D eigenvalue weighted by Gasteiger charge is -2.17. The minimum absolute atomic E-state index is 0.213. The molecule has 0 aliphatic rings. The molecule has 0 aliphatic heterocycles. The predicted molar refractivity (Wildman–Crippen MR) is 75.5 cm³/mol. The standard InChI is InChI=1S/C12H16BrN5O/c1-3-19-9-6-4-5-8(7-9)10(15-14)11-12(13)16-17-18(11)2/h4-7,10,15H,3,14H2,1-2H3. The van der Waals surface area contributed by atoms with Gasteiger partial charge in [-0.25, -0.2) is 10.1 Å². The second kappa shape index (κ2) is 6.14. The van der Waals surface area contributed by atoms with Gasteiger partial charge in [-0.15, -0.1) is 5.10 Å². The molecule has 1 aromatic heterocycles. The van der Waals surface area contributed by atoms with Crippen molar-refractivity contribution in [1.82, 2.24) is 20.4 Å². The Morgan fingerprint density at radius 3 is 2.89 bits per heavy atom. The Labute approximate surface area is 120 Å². The van der Waals surface area contributed by atoms with Gasteiger partial charge in [0.2, 0.25) is 0 Å². The van der Waals surface area contributed by atoms with Crippen LogP contribution in [-0.2, 0) is 7.05 Å². The summed E-state index contributed by atoms with van der Waals surface area (Å²) in [5, 5.41) is 7.93. The summed E-state index contributed by atoms with van der Waals surface area (Å²) in [6.45, 7) is 2.58. The highest BCUT2D eigenvalue weighted by molar-refractivity contribution is 9.10. The van der Waals surface area contributed by atoms with Gasteiger partial charge in [0.15, 0.2) is 4.60 Å². The van der Waals surface area contributed by atoms with E-state index < -0.39 is 0 Å². The molecule has 102 valence electrons. The molecule has 19 heavy (non-hydrogen) atoms. The van der Waals surface area contributed by atoms with Crippen LogP contribution in [0.25, 0.3) is 0 Å². The maximum Gasteiger partial charge on any atom is 0.153 e. The van der Waals surface area contributed by atoms with Gasteiger partial charge in [0.1, 0.15) is 5.75 Å². The fraction of sp³-hybridized carbons (Fsp3) is 0.333. The molecule has 6 nitrogen and oxygen atoms in total. The summed E-state index contributed by atoms with van der Waals surface area (Å²) in [4.78, 5) is 0. The lowest BCUT2D eigenvalue weighted by atomic mass is 10.0. The lowest BCUT2D eigenvalue weighted by molar-refractivity contribution is 0.339. The number of nitrogens with one attached hydrogen (secondary N) is 1. The molecule has 1 aromatic carbocycles. The Hall–Kier alpha value is -1.44. The Morgan fingerprint density at radius 1 is 1.53 bits per heavy atom. The zero-order valence-corrected chi connectivity index (χ0v) is 12.4. The molecule has 0 bridgehead atoms. The first-order valence-electron chi connectivity index (χ1n) is 5.91. The third-order valence-electron chi connectivity index (χ3n) is 2.77. The van der Waals surface area contributed by atoms with Gasteiger partial charge >= 0.3 is 0 Å². The molecule has 0 amide bonds. The van der Waals surface area contributed by atoms with Crippen LogP contribution < -0.4 is 16.0 Å². The van der Waals surface area contributed by atoms with Crippen LogP contribution in [0.5, 0.6) is 5.75 Å². The van der Waals surface area contributed by atoms with Gasteiger partial charge in [0, 0.05) is 7.05 Å². The number of halogens is 1. The van der Waals surface area contributed by atoms with E-state index in [2.05, 4.69) is 31.7 Å². The SMILES string of the molecule is CCOc1cccc(C(NN)c2c(Br)nnn2C)c1. The molecule has 7 heteroatoms. The van der Waals surface area contributed by atoms with Crippen LogP contribution in [0.2, 0.25) is 0 Å². The van der Waals surface area contributed by atoms with E-state index >= 15 is 0 Å². The second-order valence-electron chi connectivity index (χ2n) is 3.99. The number of benzene rings is 1. The lowest BCUT2D eigenvalue weighted by Crippen LogP contribution is -2.30. The zero-order chi connectivity index (χ0) is 13.8. The Balaban J connectivity index is 2.39. The van der Waals surface area contributed by atoms with Crippen LogP contribution in [0.1, 0.15) is 24.2 Å². The van der Waals surface area contributed by atoms with Crippen LogP contribution in [0.15, 0.2) is 28.9 Å².